The van der Waals surface area contributed by atoms with Crippen LogP contribution in [0.15, 0.2) is 18.2 Å². The van der Waals surface area contributed by atoms with Crippen molar-refractivity contribution in [1.82, 2.24) is 4.90 Å². The molecule has 0 aromatic heterocycles. The SMILES string of the molecule is CCCN(CCC)C(=O)Nc1c(F)cccc1F. The van der Waals surface area contributed by atoms with E-state index in [0.717, 1.165) is 25.0 Å². The third-order valence-corrected chi connectivity index (χ3v) is 2.47. The van der Waals surface area contributed by atoms with E-state index in [4.69, 9.17) is 0 Å². The molecule has 0 aliphatic carbocycles. The van der Waals surface area contributed by atoms with Crippen LogP contribution >= 0.6 is 0 Å². The van der Waals surface area contributed by atoms with Gasteiger partial charge in [0.15, 0.2) is 0 Å². The summed E-state index contributed by atoms with van der Waals surface area (Å²) in [6.45, 7) is 5.02. The van der Waals surface area contributed by atoms with Gasteiger partial charge in [-0.25, -0.2) is 13.6 Å². The highest BCUT2D eigenvalue weighted by molar-refractivity contribution is 5.89. The van der Waals surface area contributed by atoms with Crippen molar-refractivity contribution < 1.29 is 13.6 Å². The predicted molar refractivity (Wildman–Crippen MR) is 67.5 cm³/mol. The Hall–Kier alpha value is -1.65. The number of amides is 2. The van der Waals surface area contributed by atoms with Gasteiger partial charge in [-0.2, -0.15) is 0 Å². The summed E-state index contributed by atoms with van der Waals surface area (Å²) in [5, 5.41) is 2.29. The van der Waals surface area contributed by atoms with Crippen molar-refractivity contribution in [3.05, 3.63) is 29.8 Å². The number of hydrogen-bond donors (Lipinski definition) is 1. The maximum atomic E-state index is 13.4. The van der Waals surface area contributed by atoms with E-state index < -0.39 is 17.7 Å². The van der Waals surface area contributed by atoms with E-state index in [2.05, 4.69) is 5.32 Å². The highest BCUT2D eigenvalue weighted by Gasteiger charge is 2.16. The van der Waals surface area contributed by atoms with Gasteiger partial charge in [0, 0.05) is 13.1 Å². The second-order valence-electron chi connectivity index (χ2n) is 4.01. The fourth-order valence-corrected chi connectivity index (χ4v) is 1.66. The van der Waals surface area contributed by atoms with Crippen molar-refractivity contribution in [2.24, 2.45) is 0 Å². The number of nitrogens with one attached hydrogen (secondary N) is 1. The quantitative estimate of drug-likeness (QED) is 0.857. The summed E-state index contributed by atoms with van der Waals surface area (Å²) in [6.07, 6.45) is 1.60. The summed E-state index contributed by atoms with van der Waals surface area (Å²) >= 11 is 0. The van der Waals surface area contributed by atoms with Crippen LogP contribution in [0.1, 0.15) is 26.7 Å². The Balaban J connectivity index is 2.79. The lowest BCUT2D eigenvalue weighted by Gasteiger charge is -2.22. The number of benzene rings is 1. The van der Waals surface area contributed by atoms with Gasteiger partial charge in [-0.1, -0.05) is 19.9 Å². The molecule has 1 aromatic carbocycles. The first kappa shape index (κ1) is 14.4. The molecule has 0 bridgehead atoms. The van der Waals surface area contributed by atoms with E-state index in [1.165, 1.54) is 6.07 Å². The lowest BCUT2D eigenvalue weighted by molar-refractivity contribution is 0.211. The third-order valence-electron chi connectivity index (χ3n) is 2.47. The fraction of sp³-hybridized carbons (Fsp3) is 0.462. The molecule has 0 saturated carbocycles. The minimum atomic E-state index is -0.767. The van der Waals surface area contributed by atoms with E-state index in [1.807, 2.05) is 13.8 Å². The summed E-state index contributed by atoms with van der Waals surface area (Å²) in [5.41, 5.74) is -0.389. The number of nitrogens with zero attached hydrogens (tertiary/aromatic N) is 1. The maximum absolute atomic E-state index is 13.4. The topological polar surface area (TPSA) is 32.3 Å². The average Bonchev–Trinajstić information content (AvgIpc) is 2.33. The molecule has 0 radical (unpaired) electrons. The van der Waals surface area contributed by atoms with Gasteiger partial charge in [0.05, 0.1) is 0 Å². The molecule has 0 unspecified atom stereocenters. The Morgan fingerprint density at radius 3 is 2.11 bits per heavy atom. The molecule has 0 heterocycles. The molecule has 1 N–H and O–H groups in total. The van der Waals surface area contributed by atoms with E-state index in [-0.39, 0.29) is 5.69 Å². The fourth-order valence-electron chi connectivity index (χ4n) is 1.66. The van der Waals surface area contributed by atoms with Gasteiger partial charge in [0.1, 0.15) is 17.3 Å². The molecular weight excluding hydrogens is 238 g/mol. The summed E-state index contributed by atoms with van der Waals surface area (Å²) in [7, 11) is 0. The van der Waals surface area contributed by atoms with E-state index in [0.29, 0.717) is 13.1 Å². The van der Waals surface area contributed by atoms with Gasteiger partial charge in [-0.05, 0) is 25.0 Å². The molecule has 1 aromatic rings. The number of hydrogen-bond acceptors (Lipinski definition) is 1. The van der Waals surface area contributed by atoms with Crippen LogP contribution in [0, 0.1) is 11.6 Å². The molecule has 100 valence electrons. The number of para-hydroxylation sites is 1. The summed E-state index contributed by atoms with van der Waals surface area (Å²) in [4.78, 5) is 13.4. The molecule has 0 aliphatic heterocycles. The lowest BCUT2D eigenvalue weighted by Crippen LogP contribution is -2.36. The van der Waals surface area contributed by atoms with Gasteiger partial charge in [-0.15, -0.1) is 0 Å². The lowest BCUT2D eigenvalue weighted by atomic mass is 10.3. The number of halogens is 2. The molecule has 5 heteroatoms. The van der Waals surface area contributed by atoms with Crippen molar-refractivity contribution in [2.45, 2.75) is 26.7 Å². The highest BCUT2D eigenvalue weighted by atomic mass is 19.1. The van der Waals surface area contributed by atoms with Gasteiger partial charge in [0.25, 0.3) is 0 Å². The van der Waals surface area contributed by atoms with Crippen LogP contribution < -0.4 is 5.32 Å². The zero-order chi connectivity index (χ0) is 13.5. The van der Waals surface area contributed by atoms with Gasteiger partial charge < -0.3 is 10.2 Å². The molecule has 0 spiro atoms. The van der Waals surface area contributed by atoms with Crippen LogP contribution in [0.3, 0.4) is 0 Å². The maximum Gasteiger partial charge on any atom is 0.322 e. The zero-order valence-electron chi connectivity index (χ0n) is 10.7. The molecule has 1 rings (SSSR count). The molecule has 0 fully saturated rings. The monoisotopic (exact) mass is 256 g/mol. The molecule has 2 amide bonds. The smallest absolute Gasteiger partial charge is 0.322 e. The van der Waals surface area contributed by atoms with Crippen molar-refractivity contribution >= 4 is 11.7 Å². The molecule has 3 nitrogen and oxygen atoms in total. The van der Waals surface area contributed by atoms with E-state index in [9.17, 15) is 13.6 Å². The Kier molecular flexibility index (Phi) is 5.55. The number of rotatable bonds is 5. The number of urea groups is 1. The molecule has 18 heavy (non-hydrogen) atoms. The van der Waals surface area contributed by atoms with Gasteiger partial charge >= 0.3 is 6.03 Å². The molecule has 0 aliphatic rings. The standard InChI is InChI=1S/C13H18F2N2O/c1-3-8-17(9-4-2)13(18)16-12-10(14)6-5-7-11(12)15/h5-7H,3-4,8-9H2,1-2H3,(H,16,18). The van der Waals surface area contributed by atoms with Crippen molar-refractivity contribution in [2.75, 3.05) is 18.4 Å². The first-order valence-electron chi connectivity index (χ1n) is 6.10. The number of anilines is 1. The number of carbonyl (C=O) groups is 1. The van der Waals surface area contributed by atoms with Gasteiger partial charge in [0.2, 0.25) is 0 Å². The Bertz CT molecular complexity index is 384. The van der Waals surface area contributed by atoms with Crippen LogP contribution in [0.25, 0.3) is 0 Å². The van der Waals surface area contributed by atoms with Crippen LogP contribution in [0.2, 0.25) is 0 Å². The zero-order valence-corrected chi connectivity index (χ0v) is 10.7. The number of carbonyl (C=O) groups excluding carboxylic acids is 1. The van der Waals surface area contributed by atoms with Crippen molar-refractivity contribution in [3.63, 3.8) is 0 Å². The minimum absolute atomic E-state index is 0.389. The second-order valence-corrected chi connectivity index (χ2v) is 4.01. The second kappa shape index (κ2) is 6.93. The van der Waals surface area contributed by atoms with Gasteiger partial charge in [-0.3, -0.25) is 0 Å². The third kappa shape index (κ3) is 3.68. The van der Waals surface area contributed by atoms with E-state index >= 15 is 0 Å². The first-order valence-corrected chi connectivity index (χ1v) is 6.10. The molecule has 0 atom stereocenters. The van der Waals surface area contributed by atoms with E-state index in [1.54, 1.807) is 4.90 Å². The summed E-state index contributed by atoms with van der Waals surface area (Å²) in [5.74, 6) is -1.53. The Labute approximate surface area is 106 Å². The summed E-state index contributed by atoms with van der Waals surface area (Å²) < 4.78 is 26.7. The van der Waals surface area contributed by atoms with Crippen LogP contribution in [-0.4, -0.2) is 24.0 Å². The normalized spacial score (nSPS) is 10.2. The Morgan fingerprint density at radius 2 is 1.67 bits per heavy atom. The van der Waals surface area contributed by atoms with Crippen LogP contribution in [0.4, 0.5) is 19.3 Å². The van der Waals surface area contributed by atoms with Crippen molar-refractivity contribution in [1.29, 1.82) is 0 Å². The largest absolute Gasteiger partial charge is 0.325 e. The average molecular weight is 256 g/mol. The Morgan fingerprint density at radius 1 is 1.17 bits per heavy atom. The van der Waals surface area contributed by atoms with Crippen LogP contribution in [-0.2, 0) is 0 Å². The van der Waals surface area contributed by atoms with Crippen LogP contribution in [0.5, 0.6) is 0 Å². The predicted octanol–water partition coefficient (Wildman–Crippen LogP) is 3.62. The first-order chi connectivity index (χ1) is 8.60. The highest BCUT2D eigenvalue weighted by Crippen LogP contribution is 2.18. The van der Waals surface area contributed by atoms with Crippen molar-refractivity contribution in [3.8, 4) is 0 Å². The molecule has 0 saturated heterocycles. The molecular formula is C13H18F2N2O. The minimum Gasteiger partial charge on any atom is -0.325 e. The summed E-state index contributed by atoms with van der Waals surface area (Å²) in [6, 6.07) is 3.02.